The van der Waals surface area contributed by atoms with Gasteiger partial charge in [0, 0.05) is 17.6 Å². The molecule has 0 amide bonds. The van der Waals surface area contributed by atoms with E-state index < -0.39 is 5.97 Å². The molecular formula is C18H25NO2. The zero-order valence-corrected chi connectivity index (χ0v) is 13.7. The van der Waals surface area contributed by atoms with Gasteiger partial charge in [-0.1, -0.05) is 34.1 Å². The summed E-state index contributed by atoms with van der Waals surface area (Å²) in [5.74, 6) is -0.860. The maximum atomic E-state index is 11.4. The highest BCUT2D eigenvalue weighted by Gasteiger charge is 2.22. The molecule has 2 rings (SSSR count). The van der Waals surface area contributed by atoms with Crippen LogP contribution in [0.2, 0.25) is 0 Å². The fourth-order valence-corrected chi connectivity index (χ4v) is 2.85. The standard InChI is InChI=1S/C18H25NO2/c1-6-7-8-19-12(2)9-13-10-14(17(20)21)11-15(16(13)19)18(3,4)5/h9-11H,6-8H2,1-5H3,(H,20,21). The first kappa shape index (κ1) is 15.6. The highest BCUT2D eigenvalue weighted by Crippen LogP contribution is 2.33. The fraction of sp³-hybridized carbons (Fsp3) is 0.500. The van der Waals surface area contributed by atoms with E-state index in [4.69, 9.17) is 0 Å². The van der Waals surface area contributed by atoms with Gasteiger partial charge in [0.1, 0.15) is 0 Å². The lowest BCUT2D eigenvalue weighted by Gasteiger charge is -2.23. The number of carboxylic acid groups (broad SMARTS) is 1. The first-order chi connectivity index (χ1) is 9.75. The van der Waals surface area contributed by atoms with Gasteiger partial charge in [-0.25, -0.2) is 4.79 Å². The Kier molecular flexibility index (Phi) is 4.13. The highest BCUT2D eigenvalue weighted by molar-refractivity contribution is 5.96. The normalized spacial score (nSPS) is 12.0. The van der Waals surface area contributed by atoms with E-state index in [9.17, 15) is 9.90 Å². The van der Waals surface area contributed by atoms with Gasteiger partial charge < -0.3 is 9.67 Å². The number of rotatable bonds is 4. The summed E-state index contributed by atoms with van der Waals surface area (Å²) in [5.41, 5.74) is 3.80. The molecule has 1 N–H and O–H groups in total. The average molecular weight is 287 g/mol. The van der Waals surface area contributed by atoms with Gasteiger partial charge >= 0.3 is 5.97 Å². The molecule has 0 unspecified atom stereocenters. The number of fused-ring (bicyclic) bond motifs is 1. The molecule has 3 heteroatoms. The van der Waals surface area contributed by atoms with E-state index in [1.54, 1.807) is 6.07 Å². The van der Waals surface area contributed by atoms with Crippen molar-refractivity contribution in [1.29, 1.82) is 0 Å². The summed E-state index contributed by atoms with van der Waals surface area (Å²) in [7, 11) is 0. The predicted octanol–water partition coefficient (Wildman–Crippen LogP) is 4.75. The number of aryl methyl sites for hydroxylation is 2. The predicted molar refractivity (Wildman–Crippen MR) is 87.2 cm³/mol. The van der Waals surface area contributed by atoms with Crippen molar-refractivity contribution in [2.45, 2.75) is 59.4 Å². The molecule has 21 heavy (non-hydrogen) atoms. The van der Waals surface area contributed by atoms with Crippen LogP contribution in [0.1, 0.15) is 62.2 Å². The van der Waals surface area contributed by atoms with Crippen LogP contribution in [0.25, 0.3) is 10.9 Å². The molecule has 1 heterocycles. The second kappa shape index (κ2) is 5.55. The summed E-state index contributed by atoms with van der Waals surface area (Å²) in [4.78, 5) is 11.4. The largest absolute Gasteiger partial charge is 0.478 e. The van der Waals surface area contributed by atoms with Crippen LogP contribution in [-0.4, -0.2) is 15.6 Å². The van der Waals surface area contributed by atoms with Crippen LogP contribution in [0.15, 0.2) is 18.2 Å². The summed E-state index contributed by atoms with van der Waals surface area (Å²) in [6, 6.07) is 5.74. The van der Waals surface area contributed by atoms with Crippen molar-refractivity contribution in [3.8, 4) is 0 Å². The summed E-state index contributed by atoms with van der Waals surface area (Å²) >= 11 is 0. The minimum Gasteiger partial charge on any atom is -0.478 e. The number of carbonyl (C=O) groups is 1. The zero-order valence-electron chi connectivity index (χ0n) is 13.7. The molecule has 0 saturated carbocycles. The Morgan fingerprint density at radius 2 is 1.90 bits per heavy atom. The third-order valence-corrected chi connectivity index (χ3v) is 3.99. The second-order valence-corrected chi connectivity index (χ2v) is 6.81. The van der Waals surface area contributed by atoms with Gasteiger partial charge in [-0.15, -0.1) is 0 Å². The van der Waals surface area contributed by atoms with Crippen molar-refractivity contribution < 1.29 is 9.90 Å². The summed E-state index contributed by atoms with van der Waals surface area (Å²) in [6.45, 7) is 11.7. The van der Waals surface area contributed by atoms with Gasteiger partial charge in [-0.3, -0.25) is 0 Å². The molecule has 0 aliphatic heterocycles. The maximum Gasteiger partial charge on any atom is 0.335 e. The average Bonchev–Trinajstić information content (AvgIpc) is 2.69. The number of carboxylic acids is 1. The van der Waals surface area contributed by atoms with Crippen LogP contribution in [0, 0.1) is 6.92 Å². The molecular weight excluding hydrogens is 262 g/mol. The van der Waals surface area contributed by atoms with Gasteiger partial charge in [0.05, 0.1) is 11.1 Å². The van der Waals surface area contributed by atoms with Crippen molar-refractivity contribution in [2.75, 3.05) is 0 Å². The topological polar surface area (TPSA) is 42.2 Å². The monoisotopic (exact) mass is 287 g/mol. The van der Waals surface area contributed by atoms with Crippen LogP contribution >= 0.6 is 0 Å². The van der Waals surface area contributed by atoms with Crippen molar-refractivity contribution >= 4 is 16.9 Å². The minimum atomic E-state index is -0.860. The Morgan fingerprint density at radius 3 is 2.43 bits per heavy atom. The number of unbranched alkanes of at least 4 members (excludes halogenated alkanes) is 1. The summed E-state index contributed by atoms with van der Waals surface area (Å²) in [5, 5.41) is 10.4. The minimum absolute atomic E-state index is 0.0849. The van der Waals surface area contributed by atoms with Crippen molar-refractivity contribution in [2.24, 2.45) is 0 Å². The van der Waals surface area contributed by atoms with E-state index in [1.807, 2.05) is 6.07 Å². The van der Waals surface area contributed by atoms with Crippen LogP contribution in [0.4, 0.5) is 0 Å². The van der Waals surface area contributed by atoms with E-state index >= 15 is 0 Å². The number of aromatic nitrogens is 1. The molecule has 0 fully saturated rings. The first-order valence-electron chi connectivity index (χ1n) is 7.63. The number of aromatic carboxylic acids is 1. The Balaban J connectivity index is 2.77. The molecule has 0 saturated heterocycles. The van der Waals surface area contributed by atoms with Crippen LogP contribution < -0.4 is 0 Å². The van der Waals surface area contributed by atoms with Crippen molar-refractivity contribution in [1.82, 2.24) is 4.57 Å². The highest BCUT2D eigenvalue weighted by atomic mass is 16.4. The number of hydrogen-bond acceptors (Lipinski definition) is 1. The SMILES string of the molecule is CCCCn1c(C)cc2cc(C(=O)O)cc(C(C)(C)C)c21. The fourth-order valence-electron chi connectivity index (χ4n) is 2.85. The number of hydrogen-bond donors (Lipinski definition) is 1. The maximum absolute atomic E-state index is 11.4. The van der Waals surface area contributed by atoms with Gasteiger partial charge in [0.25, 0.3) is 0 Å². The lowest BCUT2D eigenvalue weighted by molar-refractivity contribution is 0.0697. The second-order valence-electron chi connectivity index (χ2n) is 6.81. The molecule has 0 aliphatic carbocycles. The Bertz CT molecular complexity index is 675. The van der Waals surface area contributed by atoms with Crippen molar-refractivity contribution in [3.05, 3.63) is 35.0 Å². The lowest BCUT2D eigenvalue weighted by atomic mass is 9.84. The van der Waals surface area contributed by atoms with Crippen LogP contribution in [-0.2, 0) is 12.0 Å². The van der Waals surface area contributed by atoms with E-state index in [2.05, 4.69) is 45.3 Å². The lowest BCUT2D eigenvalue weighted by Crippen LogP contribution is -2.15. The van der Waals surface area contributed by atoms with Gasteiger partial charge in [0.15, 0.2) is 0 Å². The molecule has 0 radical (unpaired) electrons. The molecule has 1 aromatic carbocycles. The molecule has 2 aromatic rings. The molecule has 0 atom stereocenters. The number of benzene rings is 1. The van der Waals surface area contributed by atoms with Gasteiger partial charge in [-0.05, 0) is 42.5 Å². The third kappa shape index (κ3) is 2.97. The van der Waals surface area contributed by atoms with E-state index in [0.717, 1.165) is 30.3 Å². The molecule has 114 valence electrons. The Labute approximate surface area is 126 Å². The molecule has 0 aliphatic rings. The first-order valence-corrected chi connectivity index (χ1v) is 7.63. The van der Waals surface area contributed by atoms with Gasteiger partial charge in [-0.2, -0.15) is 0 Å². The summed E-state index contributed by atoms with van der Waals surface area (Å²) in [6.07, 6.45) is 2.28. The molecule has 3 nitrogen and oxygen atoms in total. The van der Waals surface area contributed by atoms with E-state index in [1.165, 1.54) is 11.2 Å². The molecule has 1 aromatic heterocycles. The quantitative estimate of drug-likeness (QED) is 0.882. The smallest absolute Gasteiger partial charge is 0.335 e. The molecule has 0 bridgehead atoms. The van der Waals surface area contributed by atoms with Crippen LogP contribution in [0.5, 0.6) is 0 Å². The van der Waals surface area contributed by atoms with E-state index in [0.29, 0.717) is 5.56 Å². The Hall–Kier alpha value is -1.77. The third-order valence-electron chi connectivity index (χ3n) is 3.99. The summed E-state index contributed by atoms with van der Waals surface area (Å²) < 4.78 is 2.34. The molecule has 0 spiro atoms. The van der Waals surface area contributed by atoms with Gasteiger partial charge in [0.2, 0.25) is 0 Å². The Morgan fingerprint density at radius 1 is 1.24 bits per heavy atom. The van der Waals surface area contributed by atoms with Crippen LogP contribution in [0.3, 0.4) is 0 Å². The zero-order chi connectivity index (χ0) is 15.8. The van der Waals surface area contributed by atoms with E-state index in [-0.39, 0.29) is 5.41 Å². The number of nitrogens with zero attached hydrogens (tertiary/aromatic N) is 1. The van der Waals surface area contributed by atoms with Crippen molar-refractivity contribution in [3.63, 3.8) is 0 Å².